The minimum Gasteiger partial charge on any atom is -0.304 e. The van der Waals surface area contributed by atoms with Crippen molar-refractivity contribution in [2.45, 2.75) is 0 Å². The van der Waals surface area contributed by atoms with E-state index >= 15 is 0 Å². The Bertz CT molecular complexity index is 1290. The molecule has 0 saturated heterocycles. The molecule has 0 fully saturated rings. The van der Waals surface area contributed by atoms with E-state index in [0.29, 0.717) is 0 Å². The van der Waals surface area contributed by atoms with Gasteiger partial charge in [0.2, 0.25) is 0 Å². The van der Waals surface area contributed by atoms with Crippen LogP contribution in [0.1, 0.15) is 0 Å². The van der Waals surface area contributed by atoms with Gasteiger partial charge in [0.15, 0.2) is 5.65 Å². The fourth-order valence-corrected chi connectivity index (χ4v) is 3.86. The number of fused-ring (bicyclic) bond motifs is 10. The van der Waals surface area contributed by atoms with Crippen molar-refractivity contribution in [2.24, 2.45) is 0 Å². The minimum atomic E-state index is 1.01. The molecular formula is C21H13N3. The molecule has 112 valence electrons. The van der Waals surface area contributed by atoms with Gasteiger partial charge in [-0.15, -0.1) is 0 Å². The summed E-state index contributed by atoms with van der Waals surface area (Å²) in [6.07, 6.45) is 0. The molecule has 3 aromatic heterocycles. The molecule has 3 heteroatoms. The molecule has 0 aliphatic rings. The molecule has 6 aromatic rings. The van der Waals surface area contributed by atoms with E-state index in [-0.39, 0.29) is 0 Å². The molecule has 0 N–H and O–H groups in total. The number of rotatable bonds is 0. The zero-order valence-electron chi connectivity index (χ0n) is 12.8. The third-order valence-electron chi connectivity index (χ3n) is 4.86. The zero-order chi connectivity index (χ0) is 15.7. The zero-order valence-corrected chi connectivity index (χ0v) is 12.8. The predicted molar refractivity (Wildman–Crippen MR) is 98.7 cm³/mol. The fraction of sp³-hybridized carbons (Fsp3) is 0. The molecule has 0 atom stereocenters. The summed E-state index contributed by atoms with van der Waals surface area (Å²) in [7, 11) is 0. The van der Waals surface area contributed by atoms with Gasteiger partial charge < -0.3 is 4.40 Å². The van der Waals surface area contributed by atoms with Gasteiger partial charge >= 0.3 is 0 Å². The molecule has 0 aliphatic carbocycles. The number of aromatic nitrogens is 3. The SMILES string of the molecule is c1ccc2c(c1)cc1c3nc4ccccc4n3c3ccccc3n21. The van der Waals surface area contributed by atoms with Crippen molar-refractivity contribution in [3.63, 3.8) is 0 Å². The first-order valence-corrected chi connectivity index (χ1v) is 8.10. The summed E-state index contributed by atoms with van der Waals surface area (Å²) in [6, 6.07) is 27.6. The van der Waals surface area contributed by atoms with Gasteiger partial charge in [-0.05, 0) is 36.4 Å². The van der Waals surface area contributed by atoms with Crippen LogP contribution in [-0.2, 0) is 0 Å². The maximum atomic E-state index is 4.93. The van der Waals surface area contributed by atoms with Crippen molar-refractivity contribution in [2.75, 3.05) is 0 Å². The smallest absolute Gasteiger partial charge is 0.162 e. The van der Waals surface area contributed by atoms with Crippen molar-refractivity contribution in [3.05, 3.63) is 78.9 Å². The van der Waals surface area contributed by atoms with Crippen molar-refractivity contribution < 1.29 is 0 Å². The Kier molecular flexibility index (Phi) is 2.10. The maximum Gasteiger partial charge on any atom is 0.162 e. The van der Waals surface area contributed by atoms with Crippen LogP contribution in [0.2, 0.25) is 0 Å². The summed E-state index contributed by atoms with van der Waals surface area (Å²) in [5, 5.41) is 1.24. The Balaban J connectivity index is 2.07. The van der Waals surface area contributed by atoms with E-state index in [0.717, 1.165) is 22.2 Å². The van der Waals surface area contributed by atoms with Gasteiger partial charge in [0, 0.05) is 5.39 Å². The lowest BCUT2D eigenvalue weighted by Gasteiger charge is -2.08. The highest BCUT2D eigenvalue weighted by Crippen LogP contribution is 2.31. The number of hydrogen-bond donors (Lipinski definition) is 0. The third-order valence-corrected chi connectivity index (χ3v) is 4.86. The Morgan fingerprint density at radius 2 is 1.17 bits per heavy atom. The van der Waals surface area contributed by atoms with Gasteiger partial charge in [-0.3, -0.25) is 4.40 Å². The largest absolute Gasteiger partial charge is 0.304 e. The van der Waals surface area contributed by atoms with Crippen LogP contribution >= 0.6 is 0 Å². The number of nitrogens with zero attached hydrogens (tertiary/aromatic N) is 3. The van der Waals surface area contributed by atoms with E-state index in [9.17, 15) is 0 Å². The average molecular weight is 307 g/mol. The lowest BCUT2D eigenvalue weighted by Crippen LogP contribution is -1.96. The highest BCUT2D eigenvalue weighted by Gasteiger charge is 2.15. The quantitative estimate of drug-likeness (QED) is 0.385. The number of para-hydroxylation sites is 5. The normalized spacial score (nSPS) is 12.2. The van der Waals surface area contributed by atoms with E-state index in [2.05, 4.69) is 81.6 Å². The highest BCUT2D eigenvalue weighted by atomic mass is 15.1. The standard InChI is InChI=1S/C21H13N3/c1-3-9-16-14(7-1)13-20-21-22-15-8-2-4-10-17(15)24(21)19-12-6-5-11-18(19)23(16)20/h1-13H. The van der Waals surface area contributed by atoms with Crippen LogP contribution in [0.25, 0.3) is 44.1 Å². The molecular weight excluding hydrogens is 294 g/mol. The molecule has 6 rings (SSSR count). The Hall–Kier alpha value is -3.33. The molecule has 0 aliphatic heterocycles. The molecule has 0 amide bonds. The first-order valence-electron chi connectivity index (χ1n) is 8.10. The number of imidazole rings is 1. The lowest BCUT2D eigenvalue weighted by atomic mass is 10.2. The maximum absolute atomic E-state index is 4.93. The van der Waals surface area contributed by atoms with E-state index in [1.165, 1.54) is 21.9 Å². The van der Waals surface area contributed by atoms with Crippen LogP contribution in [0.15, 0.2) is 78.9 Å². The third kappa shape index (κ3) is 1.35. The van der Waals surface area contributed by atoms with Crippen LogP contribution in [0, 0.1) is 0 Å². The van der Waals surface area contributed by atoms with E-state index in [1.807, 2.05) is 6.07 Å². The molecule has 3 aromatic carbocycles. The second-order valence-electron chi connectivity index (χ2n) is 6.17. The van der Waals surface area contributed by atoms with Crippen molar-refractivity contribution >= 4 is 44.1 Å². The van der Waals surface area contributed by atoms with Gasteiger partial charge in [0.1, 0.15) is 0 Å². The second kappa shape index (κ2) is 4.15. The van der Waals surface area contributed by atoms with Crippen LogP contribution in [0.5, 0.6) is 0 Å². The van der Waals surface area contributed by atoms with Crippen molar-refractivity contribution in [3.8, 4) is 0 Å². The molecule has 24 heavy (non-hydrogen) atoms. The summed E-state index contributed by atoms with van der Waals surface area (Å²) in [5.74, 6) is 0. The Labute approximate surface area is 137 Å². The molecule has 0 bridgehead atoms. The van der Waals surface area contributed by atoms with E-state index in [4.69, 9.17) is 4.98 Å². The summed E-state index contributed by atoms with van der Waals surface area (Å²) < 4.78 is 4.60. The Morgan fingerprint density at radius 1 is 0.542 bits per heavy atom. The molecule has 0 unspecified atom stereocenters. The average Bonchev–Trinajstić information content (AvgIpc) is 3.21. The molecule has 3 heterocycles. The molecule has 3 nitrogen and oxygen atoms in total. The van der Waals surface area contributed by atoms with Gasteiger partial charge in [-0.2, -0.15) is 0 Å². The first-order chi connectivity index (χ1) is 11.9. The van der Waals surface area contributed by atoms with Crippen molar-refractivity contribution in [1.29, 1.82) is 0 Å². The van der Waals surface area contributed by atoms with Gasteiger partial charge in [-0.1, -0.05) is 42.5 Å². The first kappa shape index (κ1) is 12.1. The van der Waals surface area contributed by atoms with Crippen molar-refractivity contribution in [1.82, 2.24) is 13.8 Å². The summed E-state index contributed by atoms with van der Waals surface area (Å²) in [5.41, 5.74) is 7.92. The fourth-order valence-electron chi connectivity index (χ4n) is 3.86. The number of hydrogen-bond acceptors (Lipinski definition) is 1. The van der Waals surface area contributed by atoms with Crippen LogP contribution in [0.4, 0.5) is 0 Å². The highest BCUT2D eigenvalue weighted by molar-refractivity contribution is 6.02. The predicted octanol–water partition coefficient (Wildman–Crippen LogP) is 5.05. The summed E-state index contributed by atoms with van der Waals surface area (Å²) in [4.78, 5) is 4.93. The topological polar surface area (TPSA) is 21.7 Å². The lowest BCUT2D eigenvalue weighted by molar-refractivity contribution is 1.23. The monoisotopic (exact) mass is 307 g/mol. The van der Waals surface area contributed by atoms with Crippen LogP contribution < -0.4 is 0 Å². The molecule has 0 saturated carbocycles. The van der Waals surface area contributed by atoms with Gasteiger partial charge in [0.25, 0.3) is 0 Å². The summed E-state index contributed by atoms with van der Waals surface area (Å²) >= 11 is 0. The Morgan fingerprint density at radius 3 is 2.00 bits per heavy atom. The minimum absolute atomic E-state index is 1.01. The van der Waals surface area contributed by atoms with E-state index < -0.39 is 0 Å². The number of benzene rings is 3. The second-order valence-corrected chi connectivity index (χ2v) is 6.17. The van der Waals surface area contributed by atoms with Crippen LogP contribution in [-0.4, -0.2) is 13.8 Å². The van der Waals surface area contributed by atoms with Crippen LogP contribution in [0.3, 0.4) is 0 Å². The summed E-state index contributed by atoms with van der Waals surface area (Å²) in [6.45, 7) is 0. The molecule has 0 spiro atoms. The van der Waals surface area contributed by atoms with E-state index in [1.54, 1.807) is 0 Å². The molecule has 0 radical (unpaired) electrons. The van der Waals surface area contributed by atoms with Gasteiger partial charge in [-0.25, -0.2) is 4.98 Å². The van der Waals surface area contributed by atoms with Gasteiger partial charge in [0.05, 0.1) is 33.1 Å².